The van der Waals surface area contributed by atoms with Gasteiger partial charge in [-0.2, -0.15) is 0 Å². The Morgan fingerprint density at radius 2 is 2.14 bits per heavy atom. The van der Waals surface area contributed by atoms with Crippen LogP contribution in [0.25, 0.3) is 0 Å². The van der Waals surface area contributed by atoms with Crippen LogP contribution in [0.15, 0.2) is 24.3 Å². The summed E-state index contributed by atoms with van der Waals surface area (Å²) >= 11 is 5.86. The van der Waals surface area contributed by atoms with Crippen LogP contribution in [0, 0.1) is 5.41 Å². The number of anilines is 1. The van der Waals surface area contributed by atoms with E-state index in [0.717, 1.165) is 38.3 Å². The van der Waals surface area contributed by atoms with Crippen molar-refractivity contribution in [1.82, 2.24) is 10.2 Å². The van der Waals surface area contributed by atoms with Gasteiger partial charge in [-0.05, 0) is 55.6 Å². The van der Waals surface area contributed by atoms with Gasteiger partial charge in [-0.1, -0.05) is 25.4 Å². The van der Waals surface area contributed by atoms with E-state index in [9.17, 15) is 4.79 Å². The Kier molecular flexibility index (Phi) is 6.24. The molecule has 1 aromatic carbocycles. The fourth-order valence-corrected chi connectivity index (χ4v) is 3.14. The SMILES string of the molecule is CCCN(CC(=O)Nc1ccc(Cl)cc1)CC1(C)CCNC1. The first-order chi connectivity index (χ1) is 10.5. The van der Waals surface area contributed by atoms with Crippen molar-refractivity contribution < 1.29 is 4.79 Å². The average molecular weight is 324 g/mol. The summed E-state index contributed by atoms with van der Waals surface area (Å²) < 4.78 is 0. The molecular weight excluding hydrogens is 298 g/mol. The largest absolute Gasteiger partial charge is 0.325 e. The number of nitrogens with zero attached hydrogens (tertiary/aromatic N) is 1. The number of halogens is 1. The molecule has 0 saturated carbocycles. The van der Waals surface area contributed by atoms with E-state index in [1.54, 1.807) is 12.1 Å². The number of benzene rings is 1. The highest BCUT2D eigenvalue weighted by Crippen LogP contribution is 2.25. The van der Waals surface area contributed by atoms with Gasteiger partial charge in [-0.15, -0.1) is 0 Å². The van der Waals surface area contributed by atoms with Crippen LogP contribution in [0.3, 0.4) is 0 Å². The Morgan fingerprint density at radius 3 is 2.73 bits per heavy atom. The van der Waals surface area contributed by atoms with Gasteiger partial charge in [0.05, 0.1) is 6.54 Å². The van der Waals surface area contributed by atoms with Crippen molar-refractivity contribution in [3.05, 3.63) is 29.3 Å². The average Bonchev–Trinajstić information content (AvgIpc) is 2.88. The van der Waals surface area contributed by atoms with E-state index in [0.29, 0.717) is 11.6 Å². The highest BCUT2D eigenvalue weighted by molar-refractivity contribution is 6.30. The molecule has 1 heterocycles. The van der Waals surface area contributed by atoms with E-state index >= 15 is 0 Å². The summed E-state index contributed by atoms with van der Waals surface area (Å²) in [4.78, 5) is 14.5. The second-order valence-electron chi connectivity index (χ2n) is 6.50. The van der Waals surface area contributed by atoms with Crippen molar-refractivity contribution >= 4 is 23.2 Å². The standard InChI is InChI=1S/C17H26ClN3O/c1-3-10-21(13-17(2)8-9-19-12-17)11-16(22)20-15-6-4-14(18)5-7-15/h4-7,19H,3,8-13H2,1-2H3,(H,20,22). The summed E-state index contributed by atoms with van der Waals surface area (Å²) in [5, 5.41) is 7.03. The number of carbonyl (C=O) groups excluding carboxylic acids is 1. The Labute approximate surface area is 138 Å². The second kappa shape index (κ2) is 7.95. The molecule has 1 aromatic rings. The van der Waals surface area contributed by atoms with Gasteiger partial charge in [0.25, 0.3) is 0 Å². The first-order valence-corrected chi connectivity index (χ1v) is 8.37. The molecule has 0 aromatic heterocycles. The molecule has 1 atom stereocenters. The van der Waals surface area contributed by atoms with Crippen molar-refractivity contribution in [3.63, 3.8) is 0 Å². The van der Waals surface area contributed by atoms with Crippen LogP contribution in [0.1, 0.15) is 26.7 Å². The zero-order valence-electron chi connectivity index (χ0n) is 13.5. The summed E-state index contributed by atoms with van der Waals surface area (Å²) in [6, 6.07) is 7.22. The molecule has 5 heteroatoms. The molecule has 0 spiro atoms. The fraction of sp³-hybridized carbons (Fsp3) is 0.588. The van der Waals surface area contributed by atoms with Gasteiger partial charge in [0.15, 0.2) is 0 Å². The maximum Gasteiger partial charge on any atom is 0.238 e. The molecule has 4 nitrogen and oxygen atoms in total. The number of nitrogens with one attached hydrogen (secondary N) is 2. The first-order valence-electron chi connectivity index (χ1n) is 7.99. The second-order valence-corrected chi connectivity index (χ2v) is 6.94. The van der Waals surface area contributed by atoms with Gasteiger partial charge in [-0.25, -0.2) is 0 Å². The van der Waals surface area contributed by atoms with Crippen LogP contribution in [0.4, 0.5) is 5.69 Å². The monoisotopic (exact) mass is 323 g/mol. The summed E-state index contributed by atoms with van der Waals surface area (Å²) in [5.41, 5.74) is 1.06. The minimum Gasteiger partial charge on any atom is -0.325 e. The number of rotatable bonds is 7. The Morgan fingerprint density at radius 1 is 1.41 bits per heavy atom. The van der Waals surface area contributed by atoms with Crippen LogP contribution < -0.4 is 10.6 Å². The van der Waals surface area contributed by atoms with E-state index in [2.05, 4.69) is 29.4 Å². The van der Waals surface area contributed by atoms with Gasteiger partial charge in [0.1, 0.15) is 0 Å². The Bertz CT molecular complexity index is 483. The Balaban J connectivity index is 1.89. The predicted molar refractivity (Wildman–Crippen MR) is 92.4 cm³/mol. The lowest BCUT2D eigenvalue weighted by atomic mass is 9.89. The van der Waals surface area contributed by atoms with Crippen molar-refractivity contribution in [1.29, 1.82) is 0 Å². The molecular formula is C17H26ClN3O. The molecule has 0 radical (unpaired) electrons. The lowest BCUT2D eigenvalue weighted by molar-refractivity contribution is -0.117. The summed E-state index contributed by atoms with van der Waals surface area (Å²) in [6.45, 7) is 8.91. The molecule has 1 saturated heterocycles. The summed E-state index contributed by atoms with van der Waals surface area (Å²) in [7, 11) is 0. The maximum atomic E-state index is 12.3. The summed E-state index contributed by atoms with van der Waals surface area (Å²) in [5.74, 6) is 0.0327. The lowest BCUT2D eigenvalue weighted by Gasteiger charge is -2.31. The normalized spacial score (nSPS) is 21.3. The maximum absolute atomic E-state index is 12.3. The topological polar surface area (TPSA) is 44.4 Å². The first kappa shape index (κ1) is 17.3. The van der Waals surface area contributed by atoms with Gasteiger partial charge in [0, 0.05) is 23.8 Å². The van der Waals surface area contributed by atoms with Gasteiger partial charge in [-0.3, -0.25) is 9.69 Å². The molecule has 1 aliphatic heterocycles. The Hall–Kier alpha value is -1.10. The van der Waals surface area contributed by atoms with E-state index in [-0.39, 0.29) is 11.3 Å². The highest BCUT2D eigenvalue weighted by atomic mass is 35.5. The van der Waals surface area contributed by atoms with Crippen molar-refractivity contribution in [2.75, 3.05) is 38.0 Å². The van der Waals surface area contributed by atoms with Crippen LogP contribution >= 0.6 is 11.6 Å². The van der Waals surface area contributed by atoms with Gasteiger partial charge < -0.3 is 10.6 Å². The van der Waals surface area contributed by atoms with Crippen LogP contribution in [-0.2, 0) is 4.79 Å². The molecule has 22 heavy (non-hydrogen) atoms. The molecule has 1 fully saturated rings. The van der Waals surface area contributed by atoms with Crippen molar-refractivity contribution in [3.8, 4) is 0 Å². The van der Waals surface area contributed by atoms with Gasteiger partial charge >= 0.3 is 0 Å². The lowest BCUT2D eigenvalue weighted by Crippen LogP contribution is -2.41. The minimum absolute atomic E-state index is 0.0327. The number of hydrogen-bond acceptors (Lipinski definition) is 3. The zero-order valence-corrected chi connectivity index (χ0v) is 14.2. The highest BCUT2D eigenvalue weighted by Gasteiger charge is 2.30. The fourth-order valence-electron chi connectivity index (χ4n) is 3.01. The predicted octanol–water partition coefficient (Wildman–Crippen LogP) is 2.99. The van der Waals surface area contributed by atoms with Crippen molar-refractivity contribution in [2.24, 2.45) is 5.41 Å². The van der Waals surface area contributed by atoms with E-state index in [1.165, 1.54) is 6.42 Å². The number of carbonyl (C=O) groups is 1. The van der Waals surface area contributed by atoms with Crippen LogP contribution in [-0.4, -0.2) is 43.5 Å². The van der Waals surface area contributed by atoms with Gasteiger partial charge in [0.2, 0.25) is 5.91 Å². The van der Waals surface area contributed by atoms with Crippen LogP contribution in [0.5, 0.6) is 0 Å². The molecule has 122 valence electrons. The molecule has 1 aliphatic rings. The molecule has 1 amide bonds. The van der Waals surface area contributed by atoms with E-state index < -0.39 is 0 Å². The molecule has 2 N–H and O–H groups in total. The number of amides is 1. The van der Waals surface area contributed by atoms with E-state index in [1.807, 2.05) is 12.1 Å². The molecule has 0 aliphatic carbocycles. The molecule has 0 bridgehead atoms. The zero-order chi connectivity index (χ0) is 16.0. The van der Waals surface area contributed by atoms with Crippen molar-refractivity contribution in [2.45, 2.75) is 26.7 Å². The van der Waals surface area contributed by atoms with E-state index in [4.69, 9.17) is 11.6 Å². The third-order valence-corrected chi connectivity index (χ3v) is 4.35. The van der Waals surface area contributed by atoms with Crippen LogP contribution in [0.2, 0.25) is 5.02 Å². The quantitative estimate of drug-likeness (QED) is 0.810. The third-order valence-electron chi connectivity index (χ3n) is 4.10. The minimum atomic E-state index is 0.0327. The summed E-state index contributed by atoms with van der Waals surface area (Å²) in [6.07, 6.45) is 2.23. The third kappa shape index (κ3) is 5.27. The molecule has 2 rings (SSSR count). The molecule has 1 unspecified atom stereocenters. The number of hydrogen-bond donors (Lipinski definition) is 2. The smallest absolute Gasteiger partial charge is 0.238 e.